The first-order valence-electron chi connectivity index (χ1n) is 5.55. The van der Waals surface area contributed by atoms with E-state index in [-0.39, 0.29) is 5.92 Å². The third kappa shape index (κ3) is 1.65. The van der Waals surface area contributed by atoms with Crippen LogP contribution >= 0.6 is 0 Å². The quantitative estimate of drug-likeness (QED) is 0.615. The van der Waals surface area contributed by atoms with Crippen molar-refractivity contribution in [2.24, 2.45) is 17.8 Å². The number of likely N-dealkylation sites (tertiary alicyclic amines) is 2. The molecule has 0 spiro atoms. The van der Waals surface area contributed by atoms with Crippen LogP contribution in [-0.4, -0.2) is 48.9 Å². The largest absolute Gasteiger partial charge is 0.342 e. The Hall–Kier alpha value is -0.570. The van der Waals surface area contributed by atoms with Crippen molar-refractivity contribution in [3.8, 4) is 0 Å². The molecular weight excluding hydrogens is 176 g/mol. The molecule has 0 unspecified atom stereocenters. The van der Waals surface area contributed by atoms with Crippen molar-refractivity contribution in [2.75, 3.05) is 33.2 Å². The third-order valence-corrected chi connectivity index (χ3v) is 3.47. The zero-order valence-corrected chi connectivity index (χ0v) is 9.36. The van der Waals surface area contributed by atoms with Crippen LogP contribution in [0.25, 0.3) is 0 Å². The van der Waals surface area contributed by atoms with Gasteiger partial charge in [0.2, 0.25) is 5.91 Å². The Balaban J connectivity index is 1.94. The molecule has 2 rings (SSSR count). The summed E-state index contributed by atoms with van der Waals surface area (Å²) in [5.41, 5.74) is 0. The van der Waals surface area contributed by atoms with Crippen molar-refractivity contribution in [3.05, 3.63) is 0 Å². The van der Waals surface area contributed by atoms with E-state index in [2.05, 4.69) is 16.8 Å². The fourth-order valence-electron chi connectivity index (χ4n) is 2.77. The summed E-state index contributed by atoms with van der Waals surface area (Å²) in [5, 5.41) is 0. The van der Waals surface area contributed by atoms with Crippen LogP contribution < -0.4 is 0 Å². The molecule has 80 valence electrons. The average molecular weight is 196 g/mol. The Kier molecular flexibility index (Phi) is 2.52. The minimum absolute atomic E-state index is 0.159. The molecule has 0 radical (unpaired) electrons. The van der Waals surface area contributed by atoms with Gasteiger partial charge in [0.1, 0.15) is 0 Å². The third-order valence-electron chi connectivity index (χ3n) is 3.47. The van der Waals surface area contributed by atoms with Gasteiger partial charge in [-0.2, -0.15) is 0 Å². The molecule has 0 N–H and O–H groups in total. The van der Waals surface area contributed by atoms with Gasteiger partial charge in [-0.05, 0) is 18.9 Å². The van der Waals surface area contributed by atoms with Gasteiger partial charge in [-0.3, -0.25) is 4.79 Å². The molecule has 0 aliphatic carbocycles. The highest BCUT2D eigenvalue weighted by molar-refractivity contribution is 5.78. The van der Waals surface area contributed by atoms with E-state index in [1.807, 2.05) is 13.8 Å². The van der Waals surface area contributed by atoms with Crippen molar-refractivity contribution in [1.82, 2.24) is 9.80 Å². The Morgan fingerprint density at radius 1 is 1.14 bits per heavy atom. The van der Waals surface area contributed by atoms with Crippen LogP contribution in [-0.2, 0) is 4.79 Å². The van der Waals surface area contributed by atoms with Crippen LogP contribution in [0.2, 0.25) is 0 Å². The van der Waals surface area contributed by atoms with E-state index in [1.165, 1.54) is 13.1 Å². The van der Waals surface area contributed by atoms with Crippen LogP contribution in [0, 0.1) is 17.8 Å². The van der Waals surface area contributed by atoms with Crippen molar-refractivity contribution < 1.29 is 4.79 Å². The van der Waals surface area contributed by atoms with E-state index < -0.39 is 0 Å². The van der Waals surface area contributed by atoms with Crippen LogP contribution in [0.3, 0.4) is 0 Å². The summed E-state index contributed by atoms with van der Waals surface area (Å²) in [6, 6.07) is 0. The molecule has 0 saturated carbocycles. The first-order valence-corrected chi connectivity index (χ1v) is 5.55. The topological polar surface area (TPSA) is 23.6 Å². The maximum absolute atomic E-state index is 11.8. The SMILES string of the molecule is CC(C)C(=O)N1C[C@H]2CN(C)C[C@H]2C1. The molecule has 3 nitrogen and oxygen atoms in total. The maximum atomic E-state index is 11.8. The van der Waals surface area contributed by atoms with Gasteiger partial charge in [-0.1, -0.05) is 13.8 Å². The zero-order chi connectivity index (χ0) is 10.3. The average Bonchev–Trinajstić information content (AvgIpc) is 2.59. The van der Waals surface area contributed by atoms with Crippen molar-refractivity contribution in [1.29, 1.82) is 0 Å². The first-order chi connectivity index (χ1) is 6.58. The van der Waals surface area contributed by atoms with Crippen LogP contribution in [0.1, 0.15) is 13.8 Å². The summed E-state index contributed by atoms with van der Waals surface area (Å²) in [4.78, 5) is 16.2. The van der Waals surface area contributed by atoms with E-state index in [0.29, 0.717) is 5.91 Å². The lowest BCUT2D eigenvalue weighted by molar-refractivity contribution is -0.133. The molecule has 14 heavy (non-hydrogen) atoms. The van der Waals surface area contributed by atoms with E-state index in [0.717, 1.165) is 24.9 Å². The highest BCUT2D eigenvalue weighted by Crippen LogP contribution is 2.30. The summed E-state index contributed by atoms with van der Waals surface area (Å²) in [7, 11) is 2.17. The molecule has 1 amide bonds. The van der Waals surface area contributed by atoms with E-state index in [1.54, 1.807) is 0 Å². The fraction of sp³-hybridized carbons (Fsp3) is 0.909. The number of amides is 1. The van der Waals surface area contributed by atoms with Gasteiger partial charge in [0.05, 0.1) is 0 Å². The number of hydrogen-bond donors (Lipinski definition) is 0. The molecule has 0 aromatic heterocycles. The van der Waals surface area contributed by atoms with Gasteiger partial charge in [0, 0.05) is 32.1 Å². The number of rotatable bonds is 1. The number of fused-ring (bicyclic) bond motifs is 1. The second kappa shape index (κ2) is 3.54. The van der Waals surface area contributed by atoms with Crippen molar-refractivity contribution >= 4 is 5.91 Å². The molecule has 0 aromatic carbocycles. The fourth-order valence-corrected chi connectivity index (χ4v) is 2.77. The molecular formula is C11H20N2O. The predicted molar refractivity (Wildman–Crippen MR) is 55.9 cm³/mol. The minimum atomic E-state index is 0.159. The summed E-state index contributed by atoms with van der Waals surface area (Å²) in [6.07, 6.45) is 0. The summed E-state index contributed by atoms with van der Waals surface area (Å²) >= 11 is 0. The normalized spacial score (nSPS) is 32.7. The van der Waals surface area contributed by atoms with Gasteiger partial charge in [-0.15, -0.1) is 0 Å². The van der Waals surface area contributed by atoms with E-state index in [9.17, 15) is 4.79 Å². The Bertz CT molecular complexity index is 225. The van der Waals surface area contributed by atoms with E-state index in [4.69, 9.17) is 0 Å². The first kappa shape index (κ1) is 9.97. The minimum Gasteiger partial charge on any atom is -0.342 e. The predicted octanol–water partition coefficient (Wildman–Crippen LogP) is 0.662. The molecule has 0 aromatic rings. The molecule has 2 atom stereocenters. The lowest BCUT2D eigenvalue weighted by Gasteiger charge is -2.21. The van der Waals surface area contributed by atoms with Gasteiger partial charge in [-0.25, -0.2) is 0 Å². The smallest absolute Gasteiger partial charge is 0.225 e. The van der Waals surface area contributed by atoms with Gasteiger partial charge >= 0.3 is 0 Å². The highest BCUT2D eigenvalue weighted by Gasteiger charge is 2.40. The second-order valence-electron chi connectivity index (χ2n) is 5.14. The van der Waals surface area contributed by atoms with Crippen LogP contribution in [0.5, 0.6) is 0 Å². The molecule has 3 heteroatoms. The van der Waals surface area contributed by atoms with E-state index >= 15 is 0 Å². The lowest BCUT2D eigenvalue weighted by Crippen LogP contribution is -2.34. The summed E-state index contributed by atoms with van der Waals surface area (Å²) < 4.78 is 0. The van der Waals surface area contributed by atoms with Gasteiger partial charge < -0.3 is 9.80 Å². The second-order valence-corrected chi connectivity index (χ2v) is 5.14. The van der Waals surface area contributed by atoms with Gasteiger partial charge in [0.25, 0.3) is 0 Å². The number of carbonyl (C=O) groups excluding carboxylic acids is 1. The van der Waals surface area contributed by atoms with Crippen LogP contribution in [0.4, 0.5) is 0 Å². The molecule has 2 heterocycles. The molecule has 2 fully saturated rings. The molecule has 0 bridgehead atoms. The maximum Gasteiger partial charge on any atom is 0.225 e. The standard InChI is InChI=1S/C11H20N2O/c1-8(2)11(14)13-6-9-4-12(3)5-10(9)7-13/h8-10H,4-7H2,1-3H3/t9-,10+. The van der Waals surface area contributed by atoms with Crippen LogP contribution in [0.15, 0.2) is 0 Å². The molecule has 2 aliphatic heterocycles. The summed E-state index contributed by atoms with van der Waals surface area (Å²) in [6.45, 7) is 8.31. The highest BCUT2D eigenvalue weighted by atomic mass is 16.2. The number of nitrogens with zero attached hydrogens (tertiary/aromatic N) is 2. The van der Waals surface area contributed by atoms with Crippen molar-refractivity contribution in [3.63, 3.8) is 0 Å². The zero-order valence-electron chi connectivity index (χ0n) is 9.36. The summed E-state index contributed by atoms with van der Waals surface area (Å²) in [5.74, 6) is 1.97. The van der Waals surface area contributed by atoms with Crippen molar-refractivity contribution in [2.45, 2.75) is 13.8 Å². The Morgan fingerprint density at radius 2 is 1.64 bits per heavy atom. The Labute approximate surface area is 86.1 Å². The monoisotopic (exact) mass is 196 g/mol. The lowest BCUT2D eigenvalue weighted by atomic mass is 10.0. The molecule has 2 saturated heterocycles. The van der Waals surface area contributed by atoms with Gasteiger partial charge in [0.15, 0.2) is 0 Å². The Morgan fingerprint density at radius 3 is 2.07 bits per heavy atom. The number of carbonyl (C=O) groups is 1. The molecule has 2 aliphatic rings. The number of hydrogen-bond acceptors (Lipinski definition) is 2.